The zero-order valence-corrected chi connectivity index (χ0v) is 15.1. The molecule has 0 aliphatic carbocycles. The van der Waals surface area contributed by atoms with E-state index in [9.17, 15) is 0 Å². The second-order valence-corrected chi connectivity index (χ2v) is 5.27. The van der Waals surface area contributed by atoms with E-state index in [2.05, 4.69) is 34.0 Å². The molecule has 1 N–H and O–H groups in total. The summed E-state index contributed by atoms with van der Waals surface area (Å²) >= 11 is 0. The molecule has 0 spiro atoms. The molecule has 2 saturated heterocycles. The minimum atomic E-state index is 0. The molecular weight excluding hydrogens is 367 g/mol. The summed E-state index contributed by atoms with van der Waals surface area (Å²) in [7, 11) is 0. The molecule has 5 nitrogen and oxygen atoms in total. The van der Waals surface area contributed by atoms with Gasteiger partial charge in [0.15, 0.2) is 5.96 Å². The van der Waals surface area contributed by atoms with Crippen molar-refractivity contribution >= 4 is 29.9 Å². The van der Waals surface area contributed by atoms with Crippen LogP contribution in [0.25, 0.3) is 0 Å². The Morgan fingerprint density at radius 2 is 2.00 bits per heavy atom. The first-order valence-electron chi connectivity index (χ1n) is 7.70. The van der Waals surface area contributed by atoms with Crippen molar-refractivity contribution in [1.82, 2.24) is 15.1 Å². The Morgan fingerprint density at radius 3 is 2.65 bits per heavy atom. The fourth-order valence-electron chi connectivity index (χ4n) is 2.82. The summed E-state index contributed by atoms with van der Waals surface area (Å²) in [6, 6.07) is 0.675. The lowest BCUT2D eigenvalue weighted by molar-refractivity contribution is 0.0195. The quantitative estimate of drug-likeness (QED) is 0.443. The minimum absolute atomic E-state index is 0. The number of halogens is 1. The zero-order valence-electron chi connectivity index (χ0n) is 12.8. The summed E-state index contributed by atoms with van der Waals surface area (Å²) in [5, 5.41) is 3.42. The normalized spacial score (nSPS) is 24.6. The fourth-order valence-corrected chi connectivity index (χ4v) is 2.82. The smallest absolute Gasteiger partial charge is 0.193 e. The summed E-state index contributed by atoms with van der Waals surface area (Å²) in [6.07, 6.45) is 2.35. The molecule has 0 amide bonds. The first kappa shape index (κ1) is 18.0. The van der Waals surface area contributed by atoms with Crippen LogP contribution in [-0.2, 0) is 4.74 Å². The molecule has 20 heavy (non-hydrogen) atoms. The summed E-state index contributed by atoms with van der Waals surface area (Å²) in [6.45, 7) is 12.4. The van der Waals surface area contributed by atoms with Crippen LogP contribution in [0.15, 0.2) is 4.99 Å². The van der Waals surface area contributed by atoms with Gasteiger partial charge in [0, 0.05) is 45.3 Å². The lowest BCUT2D eigenvalue weighted by Gasteiger charge is -2.32. The molecule has 0 aromatic heterocycles. The number of morpholine rings is 1. The number of ether oxygens (including phenoxy) is 1. The van der Waals surface area contributed by atoms with Gasteiger partial charge in [0.05, 0.1) is 13.2 Å². The number of hydrogen-bond acceptors (Lipinski definition) is 3. The minimum Gasteiger partial charge on any atom is -0.379 e. The van der Waals surface area contributed by atoms with Crippen LogP contribution in [-0.4, -0.2) is 74.3 Å². The Hall–Kier alpha value is -0.0800. The molecule has 0 aromatic rings. The maximum Gasteiger partial charge on any atom is 0.193 e. The molecule has 2 fully saturated rings. The number of nitrogens with one attached hydrogen (secondary N) is 1. The van der Waals surface area contributed by atoms with E-state index in [1.807, 2.05) is 0 Å². The number of guanidine groups is 1. The molecule has 0 radical (unpaired) electrons. The largest absolute Gasteiger partial charge is 0.379 e. The molecule has 6 heteroatoms. The SMILES string of the molecule is CCCN=C(NCC)N1CCC(N2CCOCC2)C1.I. The van der Waals surface area contributed by atoms with Crippen LogP contribution in [0.3, 0.4) is 0 Å². The average molecular weight is 396 g/mol. The van der Waals surface area contributed by atoms with Crippen molar-refractivity contribution < 1.29 is 4.74 Å². The van der Waals surface area contributed by atoms with Gasteiger partial charge in [-0.2, -0.15) is 0 Å². The van der Waals surface area contributed by atoms with E-state index >= 15 is 0 Å². The summed E-state index contributed by atoms with van der Waals surface area (Å²) in [4.78, 5) is 9.67. The molecule has 0 aromatic carbocycles. The molecule has 2 aliphatic rings. The van der Waals surface area contributed by atoms with Gasteiger partial charge in [0.2, 0.25) is 0 Å². The van der Waals surface area contributed by atoms with Gasteiger partial charge in [0.25, 0.3) is 0 Å². The maximum absolute atomic E-state index is 5.43. The molecule has 2 rings (SSSR count). The highest BCUT2D eigenvalue weighted by atomic mass is 127. The molecule has 0 saturated carbocycles. The Morgan fingerprint density at radius 1 is 1.25 bits per heavy atom. The van der Waals surface area contributed by atoms with Crippen molar-refractivity contribution in [3.63, 3.8) is 0 Å². The van der Waals surface area contributed by atoms with Crippen molar-refractivity contribution in [3.05, 3.63) is 0 Å². The Labute approximate surface area is 140 Å². The molecule has 2 heterocycles. The Kier molecular flexibility index (Phi) is 8.79. The second-order valence-electron chi connectivity index (χ2n) is 5.27. The molecule has 1 atom stereocenters. The summed E-state index contributed by atoms with van der Waals surface area (Å²) in [5.74, 6) is 1.10. The summed E-state index contributed by atoms with van der Waals surface area (Å²) in [5.41, 5.74) is 0. The average Bonchev–Trinajstić information content (AvgIpc) is 2.94. The van der Waals surface area contributed by atoms with Gasteiger partial charge in [-0.25, -0.2) is 0 Å². The van der Waals surface area contributed by atoms with Crippen LogP contribution in [0, 0.1) is 0 Å². The molecule has 1 unspecified atom stereocenters. The zero-order chi connectivity index (χ0) is 13.5. The highest BCUT2D eigenvalue weighted by Gasteiger charge is 2.30. The van der Waals surface area contributed by atoms with Gasteiger partial charge < -0.3 is 15.0 Å². The van der Waals surface area contributed by atoms with Gasteiger partial charge >= 0.3 is 0 Å². The predicted molar refractivity (Wildman–Crippen MR) is 94.1 cm³/mol. The standard InChI is InChI=1S/C14H28N4O.HI/c1-3-6-16-14(15-4-2)18-7-5-13(12-18)17-8-10-19-11-9-17;/h13H,3-12H2,1-2H3,(H,15,16);1H. The van der Waals surface area contributed by atoms with Crippen molar-refractivity contribution in [2.45, 2.75) is 32.7 Å². The van der Waals surface area contributed by atoms with Gasteiger partial charge in [0.1, 0.15) is 0 Å². The van der Waals surface area contributed by atoms with Crippen molar-refractivity contribution in [2.24, 2.45) is 4.99 Å². The second kappa shape index (κ2) is 9.78. The van der Waals surface area contributed by atoms with Crippen LogP contribution in [0.1, 0.15) is 26.7 Å². The molecule has 2 aliphatic heterocycles. The van der Waals surface area contributed by atoms with E-state index in [0.29, 0.717) is 6.04 Å². The number of hydrogen-bond donors (Lipinski definition) is 1. The number of rotatable bonds is 4. The maximum atomic E-state index is 5.43. The molecule has 118 valence electrons. The van der Waals surface area contributed by atoms with Gasteiger partial charge in [-0.1, -0.05) is 6.92 Å². The number of aliphatic imine (C=N–C) groups is 1. The van der Waals surface area contributed by atoms with Crippen LogP contribution in [0.5, 0.6) is 0 Å². The van der Waals surface area contributed by atoms with Crippen molar-refractivity contribution in [2.75, 3.05) is 52.5 Å². The van der Waals surface area contributed by atoms with E-state index < -0.39 is 0 Å². The lowest BCUT2D eigenvalue weighted by atomic mass is 10.2. The monoisotopic (exact) mass is 396 g/mol. The highest BCUT2D eigenvalue weighted by molar-refractivity contribution is 14.0. The van der Waals surface area contributed by atoms with E-state index in [-0.39, 0.29) is 24.0 Å². The van der Waals surface area contributed by atoms with Crippen molar-refractivity contribution in [3.8, 4) is 0 Å². The Balaban J connectivity index is 0.00000200. The lowest BCUT2D eigenvalue weighted by Crippen LogP contribution is -2.46. The van der Waals surface area contributed by atoms with E-state index in [4.69, 9.17) is 4.74 Å². The van der Waals surface area contributed by atoms with Crippen LogP contribution < -0.4 is 5.32 Å². The Bertz CT molecular complexity index is 295. The fraction of sp³-hybridized carbons (Fsp3) is 0.929. The van der Waals surface area contributed by atoms with Crippen LogP contribution in [0.4, 0.5) is 0 Å². The van der Waals surface area contributed by atoms with E-state index in [0.717, 1.165) is 64.9 Å². The third kappa shape index (κ3) is 5.04. The van der Waals surface area contributed by atoms with Gasteiger partial charge in [-0.3, -0.25) is 9.89 Å². The first-order valence-corrected chi connectivity index (χ1v) is 7.70. The van der Waals surface area contributed by atoms with Crippen molar-refractivity contribution in [1.29, 1.82) is 0 Å². The van der Waals surface area contributed by atoms with Gasteiger partial charge in [-0.05, 0) is 19.8 Å². The van der Waals surface area contributed by atoms with Gasteiger partial charge in [-0.15, -0.1) is 24.0 Å². The first-order chi connectivity index (χ1) is 9.35. The van der Waals surface area contributed by atoms with E-state index in [1.165, 1.54) is 6.42 Å². The predicted octanol–water partition coefficient (Wildman–Crippen LogP) is 1.39. The van der Waals surface area contributed by atoms with Crippen LogP contribution in [0.2, 0.25) is 0 Å². The van der Waals surface area contributed by atoms with Crippen LogP contribution >= 0.6 is 24.0 Å². The summed E-state index contributed by atoms with van der Waals surface area (Å²) < 4.78 is 5.43. The number of likely N-dealkylation sites (tertiary alicyclic amines) is 1. The highest BCUT2D eigenvalue weighted by Crippen LogP contribution is 2.17. The van der Waals surface area contributed by atoms with E-state index in [1.54, 1.807) is 0 Å². The molecular formula is C14H29IN4O. The third-order valence-electron chi connectivity index (χ3n) is 3.85. The number of nitrogens with zero attached hydrogens (tertiary/aromatic N) is 3. The third-order valence-corrected chi connectivity index (χ3v) is 3.85. The topological polar surface area (TPSA) is 40.1 Å². The molecule has 0 bridgehead atoms.